The number of hydrogen-bond donors (Lipinski definition) is 0. The van der Waals surface area contributed by atoms with Crippen molar-refractivity contribution in [3.63, 3.8) is 0 Å². The summed E-state index contributed by atoms with van der Waals surface area (Å²) >= 11 is 6.57. The molecule has 1 aromatic rings. The van der Waals surface area contributed by atoms with E-state index in [1.165, 1.54) is 0 Å². The predicted octanol–water partition coefficient (Wildman–Crippen LogP) is 3.34. The Hall–Kier alpha value is -0.150. The molecule has 0 saturated heterocycles. The van der Waals surface area contributed by atoms with Crippen LogP contribution in [-0.2, 0) is 0 Å². The van der Waals surface area contributed by atoms with Crippen molar-refractivity contribution in [2.75, 3.05) is 5.33 Å². The van der Waals surface area contributed by atoms with Crippen molar-refractivity contribution in [2.45, 2.75) is 11.8 Å². The second-order valence-electron chi connectivity index (χ2n) is 2.86. The van der Waals surface area contributed by atoms with Crippen molar-refractivity contribution in [1.82, 2.24) is 0 Å². The largest absolute Gasteiger partial charge is 0.293 e. The van der Waals surface area contributed by atoms with E-state index in [0.717, 1.165) is 11.1 Å². The summed E-state index contributed by atoms with van der Waals surface area (Å²) in [6.45, 7) is 1.98. The van der Waals surface area contributed by atoms with Crippen molar-refractivity contribution in [3.8, 4) is 0 Å². The highest BCUT2D eigenvalue weighted by atomic mass is 79.9. The molecule has 1 aromatic carbocycles. The summed E-state index contributed by atoms with van der Waals surface area (Å²) in [6, 6.07) is 7.62. The average molecular weight is 306 g/mol. The van der Waals surface area contributed by atoms with E-state index in [9.17, 15) is 4.79 Å². The highest BCUT2D eigenvalue weighted by Crippen LogP contribution is 2.13. The number of hydrogen-bond acceptors (Lipinski definition) is 1. The molecule has 0 amide bonds. The molecule has 0 bridgehead atoms. The number of carbonyl (C=O) groups is 1. The van der Waals surface area contributed by atoms with E-state index in [1.54, 1.807) is 0 Å². The Morgan fingerprint density at radius 2 is 2.23 bits per heavy atom. The van der Waals surface area contributed by atoms with Gasteiger partial charge < -0.3 is 0 Å². The predicted molar refractivity (Wildman–Crippen MR) is 62.0 cm³/mol. The average Bonchev–Trinajstić information content (AvgIpc) is 2.15. The second-order valence-corrected chi connectivity index (χ2v) is 4.61. The highest BCUT2D eigenvalue weighted by Gasteiger charge is 2.14. The van der Waals surface area contributed by atoms with Crippen molar-refractivity contribution in [3.05, 3.63) is 35.4 Å². The maximum Gasteiger partial charge on any atom is 0.177 e. The van der Waals surface area contributed by atoms with Crippen LogP contribution >= 0.6 is 31.9 Å². The summed E-state index contributed by atoms with van der Waals surface area (Å²) < 4.78 is 0. The molecule has 70 valence electrons. The Kier molecular flexibility index (Phi) is 4.13. The summed E-state index contributed by atoms with van der Waals surface area (Å²) in [4.78, 5) is 11.5. The van der Waals surface area contributed by atoms with Crippen molar-refractivity contribution >= 4 is 37.6 Å². The molecule has 3 heteroatoms. The molecule has 0 N–H and O–H groups in total. The number of rotatable bonds is 3. The molecule has 0 heterocycles. The van der Waals surface area contributed by atoms with Crippen LogP contribution in [0.4, 0.5) is 0 Å². The SMILES string of the molecule is Cc1cccc(C(=O)C(Br)CBr)c1. The normalized spacial score (nSPS) is 12.5. The lowest BCUT2D eigenvalue weighted by Gasteiger charge is -2.05. The van der Waals surface area contributed by atoms with Crippen LogP contribution in [0.1, 0.15) is 15.9 Å². The number of alkyl halides is 2. The van der Waals surface area contributed by atoms with Crippen LogP contribution in [0.2, 0.25) is 0 Å². The van der Waals surface area contributed by atoms with Gasteiger partial charge in [-0.3, -0.25) is 4.79 Å². The van der Waals surface area contributed by atoms with E-state index in [1.807, 2.05) is 31.2 Å². The number of carbonyl (C=O) groups excluding carboxylic acids is 1. The molecule has 0 saturated carbocycles. The molecule has 0 fully saturated rings. The third-order valence-corrected chi connectivity index (χ3v) is 3.98. The quantitative estimate of drug-likeness (QED) is 0.618. The first-order valence-corrected chi connectivity index (χ1v) is 6.00. The minimum atomic E-state index is -0.130. The number of benzene rings is 1. The van der Waals surface area contributed by atoms with Gasteiger partial charge in [0.2, 0.25) is 0 Å². The molecular weight excluding hydrogens is 296 g/mol. The fourth-order valence-electron chi connectivity index (χ4n) is 1.05. The first kappa shape index (κ1) is 10.9. The lowest BCUT2D eigenvalue weighted by atomic mass is 10.1. The third kappa shape index (κ3) is 2.92. The van der Waals surface area contributed by atoms with Crippen LogP contribution in [0, 0.1) is 6.92 Å². The van der Waals surface area contributed by atoms with Crippen molar-refractivity contribution < 1.29 is 4.79 Å². The fourth-order valence-corrected chi connectivity index (χ4v) is 1.61. The number of ketones is 1. The number of aryl methyl sites for hydroxylation is 1. The van der Waals surface area contributed by atoms with Crippen LogP contribution in [0.5, 0.6) is 0 Å². The van der Waals surface area contributed by atoms with Crippen molar-refractivity contribution in [1.29, 1.82) is 0 Å². The van der Waals surface area contributed by atoms with Crippen molar-refractivity contribution in [2.24, 2.45) is 0 Å². The third-order valence-electron chi connectivity index (χ3n) is 1.72. The van der Waals surface area contributed by atoms with Gasteiger partial charge in [0.15, 0.2) is 5.78 Å². The molecule has 1 unspecified atom stereocenters. The van der Waals surface area contributed by atoms with Gasteiger partial charge in [0, 0.05) is 10.9 Å². The number of halogens is 2. The molecule has 0 radical (unpaired) electrons. The van der Waals surface area contributed by atoms with Gasteiger partial charge in [-0.2, -0.15) is 0 Å². The summed E-state index contributed by atoms with van der Waals surface area (Å²) in [7, 11) is 0. The molecule has 13 heavy (non-hydrogen) atoms. The first-order chi connectivity index (χ1) is 6.15. The Labute approximate surface area is 94.8 Å². The van der Waals surface area contributed by atoms with Gasteiger partial charge in [-0.05, 0) is 13.0 Å². The van der Waals surface area contributed by atoms with E-state index >= 15 is 0 Å². The number of Topliss-reactive ketones (excluding diaryl/α,β-unsaturated/α-hetero) is 1. The Bertz CT molecular complexity index is 310. The molecule has 0 aliphatic rings. The first-order valence-electron chi connectivity index (χ1n) is 3.96. The van der Waals surface area contributed by atoms with Gasteiger partial charge in [-0.15, -0.1) is 0 Å². The fraction of sp³-hybridized carbons (Fsp3) is 0.300. The summed E-state index contributed by atoms with van der Waals surface area (Å²) in [5, 5.41) is 0.639. The zero-order valence-electron chi connectivity index (χ0n) is 7.26. The maximum absolute atomic E-state index is 11.7. The topological polar surface area (TPSA) is 17.1 Å². The molecule has 0 aromatic heterocycles. The van der Waals surface area contributed by atoms with Gasteiger partial charge in [0.1, 0.15) is 0 Å². The van der Waals surface area contributed by atoms with Gasteiger partial charge in [0.05, 0.1) is 4.83 Å². The summed E-state index contributed by atoms with van der Waals surface area (Å²) in [5.41, 5.74) is 1.88. The molecule has 0 spiro atoms. The smallest absolute Gasteiger partial charge is 0.177 e. The molecule has 1 atom stereocenters. The zero-order valence-corrected chi connectivity index (χ0v) is 10.4. The summed E-state index contributed by atoms with van der Waals surface area (Å²) in [5.74, 6) is 0.126. The summed E-state index contributed by atoms with van der Waals surface area (Å²) in [6.07, 6.45) is 0. The van der Waals surface area contributed by atoms with Gasteiger partial charge in [0.25, 0.3) is 0 Å². The molecule has 0 aliphatic heterocycles. The lowest BCUT2D eigenvalue weighted by molar-refractivity contribution is 0.0997. The highest BCUT2D eigenvalue weighted by molar-refractivity contribution is 9.12. The Morgan fingerprint density at radius 1 is 1.54 bits per heavy atom. The molecule has 0 aliphatic carbocycles. The Balaban J connectivity index is 2.89. The monoisotopic (exact) mass is 304 g/mol. The van der Waals surface area contributed by atoms with E-state index < -0.39 is 0 Å². The maximum atomic E-state index is 11.7. The van der Waals surface area contributed by atoms with Gasteiger partial charge >= 0.3 is 0 Å². The zero-order chi connectivity index (χ0) is 9.84. The second kappa shape index (κ2) is 4.91. The minimum Gasteiger partial charge on any atom is -0.293 e. The Morgan fingerprint density at radius 3 is 2.77 bits per heavy atom. The van der Waals surface area contributed by atoms with Crippen LogP contribution in [0.25, 0.3) is 0 Å². The van der Waals surface area contributed by atoms with Crippen LogP contribution in [0.3, 0.4) is 0 Å². The van der Waals surface area contributed by atoms with Crippen LogP contribution in [-0.4, -0.2) is 15.9 Å². The van der Waals surface area contributed by atoms with E-state index in [2.05, 4.69) is 31.9 Å². The van der Waals surface area contributed by atoms with E-state index in [-0.39, 0.29) is 10.6 Å². The lowest BCUT2D eigenvalue weighted by Crippen LogP contribution is -2.15. The van der Waals surface area contributed by atoms with Gasteiger partial charge in [-0.25, -0.2) is 0 Å². The molecule has 1 rings (SSSR count). The van der Waals surface area contributed by atoms with Crippen LogP contribution < -0.4 is 0 Å². The van der Waals surface area contributed by atoms with Crippen LogP contribution in [0.15, 0.2) is 24.3 Å². The van der Waals surface area contributed by atoms with Gasteiger partial charge in [-0.1, -0.05) is 55.6 Å². The van der Waals surface area contributed by atoms with E-state index in [4.69, 9.17) is 0 Å². The molecule has 1 nitrogen and oxygen atoms in total. The standard InChI is InChI=1S/C10H10Br2O/c1-7-3-2-4-8(5-7)10(13)9(12)6-11/h2-5,9H,6H2,1H3. The minimum absolute atomic E-state index is 0.126. The molecular formula is C10H10Br2O. The van der Waals surface area contributed by atoms with E-state index in [0.29, 0.717) is 5.33 Å².